The molecule has 29 heavy (non-hydrogen) atoms. The van der Waals surface area contributed by atoms with Gasteiger partial charge in [-0.1, -0.05) is 18.2 Å². The Bertz CT molecular complexity index is 1170. The van der Waals surface area contributed by atoms with E-state index in [2.05, 4.69) is 20.2 Å². The van der Waals surface area contributed by atoms with Gasteiger partial charge in [0.2, 0.25) is 0 Å². The molecular formula is C19H18N4O4S2. The van der Waals surface area contributed by atoms with Gasteiger partial charge in [0.05, 0.1) is 10.6 Å². The molecule has 2 aromatic heterocycles. The number of rotatable bonds is 5. The Morgan fingerprint density at radius 3 is 2.76 bits per heavy atom. The van der Waals surface area contributed by atoms with Crippen molar-refractivity contribution in [3.63, 3.8) is 0 Å². The third-order valence-electron chi connectivity index (χ3n) is 4.54. The Morgan fingerprint density at radius 2 is 2.03 bits per heavy atom. The minimum absolute atomic E-state index is 0.132. The molecule has 8 nitrogen and oxygen atoms in total. The van der Waals surface area contributed by atoms with Crippen molar-refractivity contribution in [3.05, 3.63) is 64.6 Å². The molecule has 0 spiro atoms. The fourth-order valence-electron chi connectivity index (χ4n) is 3.20. The van der Waals surface area contributed by atoms with E-state index in [1.165, 1.54) is 23.5 Å². The number of nitrogens with one attached hydrogen (secondary N) is 2. The SMILES string of the molecule is Cc1c(C(=O)Nc2nccs2)oc2c1/C(=N/NS(=O)(=O)c1ccccc1)CCC2. The van der Waals surface area contributed by atoms with Crippen LogP contribution in [0.5, 0.6) is 0 Å². The molecule has 0 bridgehead atoms. The number of thiazole rings is 1. The number of anilines is 1. The van der Waals surface area contributed by atoms with Gasteiger partial charge in [-0.05, 0) is 31.9 Å². The van der Waals surface area contributed by atoms with Crippen LogP contribution in [-0.2, 0) is 16.4 Å². The maximum Gasteiger partial charge on any atom is 0.293 e. The van der Waals surface area contributed by atoms with Crippen LogP contribution in [0, 0.1) is 6.92 Å². The second-order valence-electron chi connectivity index (χ2n) is 6.47. The average molecular weight is 431 g/mol. The third kappa shape index (κ3) is 3.94. The quantitative estimate of drug-likeness (QED) is 0.603. The summed E-state index contributed by atoms with van der Waals surface area (Å²) in [4.78, 5) is 19.0. The number of hydrazone groups is 1. The molecule has 1 aliphatic rings. The number of hydrogen-bond acceptors (Lipinski definition) is 7. The Kier molecular flexibility index (Phi) is 5.20. The molecular weight excluding hydrogens is 412 g/mol. The number of carbonyl (C=O) groups is 1. The van der Waals surface area contributed by atoms with Crippen LogP contribution in [-0.4, -0.2) is 25.0 Å². The molecule has 0 fully saturated rings. The Balaban J connectivity index is 1.62. The predicted octanol–water partition coefficient (Wildman–Crippen LogP) is 3.32. The van der Waals surface area contributed by atoms with Gasteiger partial charge in [-0.25, -0.2) is 4.98 Å². The van der Waals surface area contributed by atoms with E-state index < -0.39 is 15.9 Å². The number of aryl methyl sites for hydroxylation is 1. The summed E-state index contributed by atoms with van der Waals surface area (Å²) in [6.45, 7) is 1.77. The van der Waals surface area contributed by atoms with Crippen molar-refractivity contribution in [2.24, 2.45) is 5.10 Å². The Labute approximate surface area is 171 Å². The second kappa shape index (κ2) is 7.80. The first-order valence-corrected chi connectivity index (χ1v) is 11.3. The summed E-state index contributed by atoms with van der Waals surface area (Å²) >= 11 is 1.31. The van der Waals surface area contributed by atoms with Crippen molar-refractivity contribution in [2.75, 3.05) is 5.32 Å². The van der Waals surface area contributed by atoms with Crippen LogP contribution in [0.25, 0.3) is 0 Å². The fraction of sp³-hybridized carbons (Fsp3) is 0.211. The molecule has 2 N–H and O–H groups in total. The molecule has 10 heteroatoms. The fourth-order valence-corrected chi connectivity index (χ4v) is 4.58. The smallest absolute Gasteiger partial charge is 0.293 e. The first kappa shape index (κ1) is 19.3. The summed E-state index contributed by atoms with van der Waals surface area (Å²) in [5, 5.41) is 9.11. The highest BCUT2D eigenvalue weighted by atomic mass is 32.2. The lowest BCUT2D eigenvalue weighted by molar-refractivity contribution is 0.0994. The number of nitrogens with zero attached hydrogens (tertiary/aromatic N) is 2. The third-order valence-corrected chi connectivity index (χ3v) is 6.45. The summed E-state index contributed by atoms with van der Waals surface area (Å²) in [5.74, 6) is 0.428. The van der Waals surface area contributed by atoms with Gasteiger partial charge in [0.15, 0.2) is 10.9 Å². The molecule has 0 saturated heterocycles. The molecule has 1 amide bonds. The molecule has 1 aliphatic carbocycles. The maximum absolute atomic E-state index is 12.6. The zero-order chi connectivity index (χ0) is 20.4. The van der Waals surface area contributed by atoms with Gasteiger partial charge in [-0.15, -0.1) is 11.3 Å². The number of carbonyl (C=O) groups excluding carboxylic acids is 1. The number of fused-ring (bicyclic) bond motifs is 1. The van der Waals surface area contributed by atoms with Gasteiger partial charge >= 0.3 is 0 Å². The molecule has 150 valence electrons. The number of hydrogen-bond donors (Lipinski definition) is 2. The molecule has 0 radical (unpaired) electrons. The minimum Gasteiger partial charge on any atom is -0.455 e. The van der Waals surface area contributed by atoms with E-state index in [-0.39, 0.29) is 10.7 Å². The summed E-state index contributed by atoms with van der Waals surface area (Å²) < 4.78 is 30.7. The van der Waals surface area contributed by atoms with Crippen LogP contribution in [0.3, 0.4) is 0 Å². The van der Waals surface area contributed by atoms with Crippen molar-refractivity contribution >= 4 is 38.1 Å². The number of aromatic nitrogens is 1. The highest BCUT2D eigenvalue weighted by Crippen LogP contribution is 2.30. The molecule has 1 aromatic carbocycles. The van der Waals surface area contributed by atoms with Crippen LogP contribution in [0.4, 0.5) is 5.13 Å². The lowest BCUT2D eigenvalue weighted by Gasteiger charge is -2.14. The zero-order valence-electron chi connectivity index (χ0n) is 15.5. The van der Waals surface area contributed by atoms with E-state index in [1.54, 1.807) is 36.7 Å². The topological polar surface area (TPSA) is 114 Å². The normalized spacial score (nSPS) is 15.1. The second-order valence-corrected chi connectivity index (χ2v) is 9.02. The van der Waals surface area contributed by atoms with Crippen molar-refractivity contribution in [3.8, 4) is 0 Å². The Morgan fingerprint density at radius 1 is 1.24 bits per heavy atom. The molecule has 0 unspecified atom stereocenters. The van der Waals surface area contributed by atoms with Crippen molar-refractivity contribution < 1.29 is 17.6 Å². The Hall–Kier alpha value is -2.98. The maximum atomic E-state index is 12.6. The van der Waals surface area contributed by atoms with Crippen LogP contribution in [0.15, 0.2) is 56.3 Å². The highest BCUT2D eigenvalue weighted by Gasteiger charge is 2.28. The summed E-state index contributed by atoms with van der Waals surface area (Å²) in [7, 11) is -3.77. The van der Waals surface area contributed by atoms with Gasteiger partial charge in [0, 0.05) is 29.1 Å². The summed E-state index contributed by atoms with van der Waals surface area (Å²) in [5.41, 5.74) is 1.88. The molecule has 3 aromatic rings. The molecule has 0 atom stereocenters. The monoisotopic (exact) mass is 430 g/mol. The van der Waals surface area contributed by atoms with Crippen LogP contribution >= 0.6 is 11.3 Å². The van der Waals surface area contributed by atoms with E-state index in [4.69, 9.17) is 4.42 Å². The first-order valence-electron chi connectivity index (χ1n) is 8.92. The number of furan rings is 1. The van der Waals surface area contributed by atoms with Gasteiger partial charge in [-0.2, -0.15) is 18.4 Å². The van der Waals surface area contributed by atoms with E-state index in [0.717, 1.165) is 6.42 Å². The minimum atomic E-state index is -3.77. The lowest BCUT2D eigenvalue weighted by atomic mass is 9.93. The van der Waals surface area contributed by atoms with E-state index in [0.29, 0.717) is 40.6 Å². The highest BCUT2D eigenvalue weighted by molar-refractivity contribution is 7.89. The average Bonchev–Trinajstić information content (AvgIpc) is 3.35. The van der Waals surface area contributed by atoms with E-state index in [9.17, 15) is 13.2 Å². The summed E-state index contributed by atoms with van der Waals surface area (Å²) in [6.07, 6.45) is 3.59. The largest absolute Gasteiger partial charge is 0.455 e. The van der Waals surface area contributed by atoms with Crippen LogP contribution in [0.2, 0.25) is 0 Å². The molecule has 4 rings (SSSR count). The summed E-state index contributed by atoms with van der Waals surface area (Å²) in [6, 6.07) is 8.03. The first-order chi connectivity index (χ1) is 14.0. The number of benzene rings is 1. The number of amides is 1. The van der Waals surface area contributed by atoms with Gasteiger partial charge in [0.1, 0.15) is 5.76 Å². The van der Waals surface area contributed by atoms with Crippen LogP contribution < -0.4 is 10.1 Å². The van der Waals surface area contributed by atoms with Gasteiger partial charge in [-0.3, -0.25) is 10.1 Å². The van der Waals surface area contributed by atoms with Crippen LogP contribution in [0.1, 0.15) is 40.3 Å². The molecule has 0 aliphatic heterocycles. The van der Waals surface area contributed by atoms with E-state index >= 15 is 0 Å². The zero-order valence-corrected chi connectivity index (χ0v) is 17.1. The standard InChI is InChI=1S/C19H18N4O4S2/c1-12-16-14(22-23-29(25,26)13-6-3-2-4-7-13)8-5-9-15(16)27-17(12)18(24)21-19-20-10-11-28-19/h2-4,6-7,10-11,23H,5,8-9H2,1H3,(H,20,21,24)/b22-14+. The predicted molar refractivity (Wildman–Crippen MR) is 110 cm³/mol. The van der Waals surface area contributed by atoms with Crippen molar-refractivity contribution in [2.45, 2.75) is 31.1 Å². The molecule has 2 heterocycles. The van der Waals surface area contributed by atoms with E-state index in [1.807, 2.05) is 0 Å². The molecule has 0 saturated carbocycles. The van der Waals surface area contributed by atoms with Gasteiger partial charge < -0.3 is 4.42 Å². The number of sulfonamides is 1. The van der Waals surface area contributed by atoms with Crippen molar-refractivity contribution in [1.82, 2.24) is 9.82 Å². The van der Waals surface area contributed by atoms with Gasteiger partial charge in [0.25, 0.3) is 15.9 Å². The lowest BCUT2D eigenvalue weighted by Crippen LogP contribution is -2.22. The van der Waals surface area contributed by atoms with Crippen molar-refractivity contribution in [1.29, 1.82) is 0 Å².